The summed E-state index contributed by atoms with van der Waals surface area (Å²) >= 11 is 3.39. The number of nitrogens with zero attached hydrogens (tertiary/aromatic N) is 1. The summed E-state index contributed by atoms with van der Waals surface area (Å²) in [5.74, 6) is 1.18. The number of carbonyl (C=O) groups is 1. The predicted octanol–water partition coefficient (Wildman–Crippen LogP) is 3.42. The summed E-state index contributed by atoms with van der Waals surface area (Å²) in [6, 6.07) is 12.4. The zero-order valence-corrected chi connectivity index (χ0v) is 15.8. The Morgan fingerprint density at radius 1 is 1.16 bits per heavy atom. The van der Waals surface area contributed by atoms with E-state index in [1.165, 1.54) is 0 Å². The van der Waals surface area contributed by atoms with E-state index in [-0.39, 0.29) is 5.91 Å². The third-order valence-corrected chi connectivity index (χ3v) is 3.93. The number of hydrogen-bond donors (Lipinski definition) is 2. The first-order valence-electron chi connectivity index (χ1n) is 7.60. The van der Waals surface area contributed by atoms with Crippen LogP contribution in [-0.2, 0) is 4.79 Å². The molecular formula is C18H20BrN3O3. The SMILES string of the molecule is COc1ccc(N[C@@H](C)C(=O)N/N=C\c2cc(Br)ccc2OC)cc1. The summed E-state index contributed by atoms with van der Waals surface area (Å²) < 4.78 is 11.3. The van der Waals surface area contributed by atoms with Crippen LogP contribution in [0.25, 0.3) is 0 Å². The first-order chi connectivity index (χ1) is 12.0. The average molecular weight is 406 g/mol. The Morgan fingerprint density at radius 2 is 1.88 bits per heavy atom. The smallest absolute Gasteiger partial charge is 0.262 e. The van der Waals surface area contributed by atoms with Gasteiger partial charge in [0.15, 0.2) is 0 Å². The number of rotatable bonds is 7. The van der Waals surface area contributed by atoms with E-state index in [1.807, 2.05) is 42.5 Å². The number of nitrogens with one attached hydrogen (secondary N) is 2. The number of benzene rings is 2. The number of anilines is 1. The Balaban J connectivity index is 1.93. The molecule has 2 aromatic rings. The van der Waals surface area contributed by atoms with E-state index in [9.17, 15) is 4.79 Å². The second kappa shape index (κ2) is 9.08. The zero-order valence-electron chi connectivity index (χ0n) is 14.2. The highest BCUT2D eigenvalue weighted by molar-refractivity contribution is 9.10. The topological polar surface area (TPSA) is 72.0 Å². The van der Waals surface area contributed by atoms with E-state index in [0.717, 1.165) is 21.5 Å². The molecule has 0 bridgehead atoms. The summed E-state index contributed by atoms with van der Waals surface area (Å²) in [5, 5.41) is 7.10. The number of amides is 1. The van der Waals surface area contributed by atoms with Gasteiger partial charge < -0.3 is 14.8 Å². The molecule has 0 aliphatic carbocycles. The van der Waals surface area contributed by atoms with Gasteiger partial charge in [0.25, 0.3) is 5.91 Å². The third-order valence-electron chi connectivity index (χ3n) is 3.44. The van der Waals surface area contributed by atoms with Crippen LogP contribution in [0, 0.1) is 0 Å². The molecule has 0 unspecified atom stereocenters. The summed E-state index contributed by atoms with van der Waals surface area (Å²) in [6.07, 6.45) is 1.54. The number of hydrazone groups is 1. The fraction of sp³-hybridized carbons (Fsp3) is 0.222. The predicted molar refractivity (Wildman–Crippen MR) is 103 cm³/mol. The maximum Gasteiger partial charge on any atom is 0.262 e. The number of ether oxygens (including phenoxy) is 2. The molecule has 0 aliphatic heterocycles. The number of hydrogen-bond acceptors (Lipinski definition) is 5. The molecule has 0 aliphatic rings. The van der Waals surface area contributed by atoms with Crippen LogP contribution in [0.3, 0.4) is 0 Å². The van der Waals surface area contributed by atoms with Crippen LogP contribution in [0.1, 0.15) is 12.5 Å². The monoisotopic (exact) mass is 405 g/mol. The van der Waals surface area contributed by atoms with E-state index < -0.39 is 6.04 Å². The minimum atomic E-state index is -0.449. The molecule has 2 N–H and O–H groups in total. The van der Waals surface area contributed by atoms with Crippen molar-refractivity contribution >= 4 is 33.7 Å². The first-order valence-corrected chi connectivity index (χ1v) is 8.40. The quantitative estimate of drug-likeness (QED) is 0.546. The van der Waals surface area contributed by atoms with E-state index in [1.54, 1.807) is 27.4 Å². The van der Waals surface area contributed by atoms with Crippen molar-refractivity contribution in [3.05, 3.63) is 52.5 Å². The highest BCUT2D eigenvalue weighted by Gasteiger charge is 2.11. The van der Waals surface area contributed by atoms with Crippen molar-refractivity contribution in [1.82, 2.24) is 5.43 Å². The molecule has 0 aromatic heterocycles. The Kier molecular flexibility index (Phi) is 6.82. The van der Waals surface area contributed by atoms with Crippen molar-refractivity contribution in [1.29, 1.82) is 0 Å². The van der Waals surface area contributed by atoms with Gasteiger partial charge in [0, 0.05) is 15.7 Å². The summed E-state index contributed by atoms with van der Waals surface area (Å²) in [7, 11) is 3.19. The second-order valence-corrected chi connectivity index (χ2v) is 6.13. The Bertz CT molecular complexity index is 748. The fourth-order valence-corrected chi connectivity index (χ4v) is 2.45. The van der Waals surface area contributed by atoms with Crippen molar-refractivity contribution < 1.29 is 14.3 Å². The molecule has 0 fully saturated rings. The molecule has 1 atom stereocenters. The zero-order chi connectivity index (χ0) is 18.2. The maximum atomic E-state index is 12.1. The number of carbonyl (C=O) groups excluding carboxylic acids is 1. The highest BCUT2D eigenvalue weighted by atomic mass is 79.9. The normalized spacial score (nSPS) is 11.8. The molecule has 2 rings (SSSR count). The lowest BCUT2D eigenvalue weighted by Crippen LogP contribution is -2.34. The van der Waals surface area contributed by atoms with Gasteiger partial charge in [-0.05, 0) is 49.4 Å². The molecule has 132 valence electrons. The lowest BCUT2D eigenvalue weighted by Gasteiger charge is -2.13. The lowest BCUT2D eigenvalue weighted by atomic mass is 10.2. The molecule has 0 heterocycles. The van der Waals surface area contributed by atoms with Gasteiger partial charge in [-0.25, -0.2) is 5.43 Å². The Hall–Kier alpha value is -2.54. The van der Waals surface area contributed by atoms with Gasteiger partial charge in [0.1, 0.15) is 17.5 Å². The molecule has 0 spiro atoms. The van der Waals surface area contributed by atoms with Crippen molar-refractivity contribution in [2.45, 2.75) is 13.0 Å². The fourth-order valence-electron chi connectivity index (χ4n) is 2.07. The lowest BCUT2D eigenvalue weighted by molar-refractivity contribution is -0.121. The van der Waals surface area contributed by atoms with Crippen LogP contribution in [0.5, 0.6) is 11.5 Å². The van der Waals surface area contributed by atoms with Gasteiger partial charge in [0.2, 0.25) is 0 Å². The minimum Gasteiger partial charge on any atom is -0.497 e. The van der Waals surface area contributed by atoms with Crippen LogP contribution in [0.15, 0.2) is 52.0 Å². The van der Waals surface area contributed by atoms with Crippen molar-refractivity contribution in [2.75, 3.05) is 19.5 Å². The van der Waals surface area contributed by atoms with Crippen molar-refractivity contribution in [3.8, 4) is 11.5 Å². The van der Waals surface area contributed by atoms with Gasteiger partial charge in [-0.1, -0.05) is 15.9 Å². The van der Waals surface area contributed by atoms with Crippen LogP contribution >= 0.6 is 15.9 Å². The van der Waals surface area contributed by atoms with Gasteiger partial charge in [-0.3, -0.25) is 4.79 Å². The van der Waals surface area contributed by atoms with Crippen LogP contribution in [0.4, 0.5) is 5.69 Å². The van der Waals surface area contributed by atoms with Crippen molar-refractivity contribution in [3.63, 3.8) is 0 Å². The van der Waals surface area contributed by atoms with Crippen LogP contribution in [-0.4, -0.2) is 32.4 Å². The van der Waals surface area contributed by atoms with Crippen molar-refractivity contribution in [2.24, 2.45) is 5.10 Å². The maximum absolute atomic E-state index is 12.1. The van der Waals surface area contributed by atoms with E-state index >= 15 is 0 Å². The summed E-state index contributed by atoms with van der Waals surface area (Å²) in [4.78, 5) is 12.1. The molecule has 7 heteroatoms. The van der Waals surface area contributed by atoms with E-state index in [2.05, 4.69) is 31.8 Å². The summed E-state index contributed by atoms with van der Waals surface area (Å²) in [5.41, 5.74) is 4.09. The Labute approximate surface area is 155 Å². The van der Waals surface area contributed by atoms with Gasteiger partial charge in [-0.2, -0.15) is 5.10 Å². The average Bonchev–Trinajstić information content (AvgIpc) is 2.62. The molecule has 25 heavy (non-hydrogen) atoms. The van der Waals surface area contributed by atoms with Crippen LogP contribution in [0.2, 0.25) is 0 Å². The largest absolute Gasteiger partial charge is 0.497 e. The highest BCUT2D eigenvalue weighted by Crippen LogP contribution is 2.21. The van der Waals surface area contributed by atoms with Gasteiger partial charge in [-0.15, -0.1) is 0 Å². The Morgan fingerprint density at radius 3 is 2.52 bits per heavy atom. The minimum absolute atomic E-state index is 0.249. The molecule has 0 saturated carbocycles. The summed E-state index contributed by atoms with van der Waals surface area (Å²) in [6.45, 7) is 1.76. The van der Waals surface area contributed by atoms with E-state index in [4.69, 9.17) is 9.47 Å². The molecule has 2 aromatic carbocycles. The molecule has 0 saturated heterocycles. The number of methoxy groups -OCH3 is 2. The van der Waals surface area contributed by atoms with Gasteiger partial charge in [0.05, 0.1) is 20.4 Å². The molecular weight excluding hydrogens is 386 g/mol. The second-order valence-electron chi connectivity index (χ2n) is 5.22. The number of halogens is 1. The van der Waals surface area contributed by atoms with Gasteiger partial charge >= 0.3 is 0 Å². The standard InChI is InChI=1S/C18H20BrN3O3/c1-12(21-15-5-7-16(24-2)8-6-15)18(23)22-20-11-13-10-14(19)4-9-17(13)25-3/h4-12,21H,1-3H3,(H,22,23)/b20-11-/t12-/m0/s1. The third kappa shape index (κ3) is 5.49. The van der Waals surface area contributed by atoms with E-state index in [0.29, 0.717) is 5.75 Å². The van der Waals surface area contributed by atoms with Crippen LogP contribution < -0.4 is 20.2 Å². The molecule has 0 radical (unpaired) electrons. The molecule has 1 amide bonds. The molecule has 6 nitrogen and oxygen atoms in total. The first kappa shape index (κ1) is 18.8.